The van der Waals surface area contributed by atoms with E-state index in [4.69, 9.17) is 27.9 Å². The second-order valence-corrected chi connectivity index (χ2v) is 8.99. The van der Waals surface area contributed by atoms with E-state index >= 15 is 0 Å². The third-order valence-electron chi connectivity index (χ3n) is 5.42. The molecular formula is C29H25Cl2N3O3. The molecule has 8 heteroatoms. The molecule has 0 aliphatic heterocycles. The fraction of sp³-hybridized carbons (Fsp3) is 0.103. The summed E-state index contributed by atoms with van der Waals surface area (Å²) in [5.41, 5.74) is 1.84. The van der Waals surface area contributed by atoms with E-state index in [1.54, 1.807) is 53.4 Å². The molecule has 0 bridgehead atoms. The van der Waals surface area contributed by atoms with Gasteiger partial charge in [-0.1, -0.05) is 41.4 Å². The van der Waals surface area contributed by atoms with Crippen LogP contribution in [-0.4, -0.2) is 25.0 Å². The molecule has 6 nitrogen and oxygen atoms in total. The van der Waals surface area contributed by atoms with Gasteiger partial charge in [-0.25, -0.2) is 4.79 Å². The topological polar surface area (TPSA) is 70.7 Å². The summed E-state index contributed by atoms with van der Waals surface area (Å²) in [7, 11) is 0. The predicted octanol–water partition coefficient (Wildman–Crippen LogP) is 7.64. The fourth-order valence-electron chi connectivity index (χ4n) is 3.53. The van der Waals surface area contributed by atoms with Crippen LogP contribution in [0.5, 0.6) is 11.5 Å². The summed E-state index contributed by atoms with van der Waals surface area (Å²) in [4.78, 5) is 27.2. The van der Waals surface area contributed by atoms with E-state index in [-0.39, 0.29) is 11.9 Å². The number of hydrogen-bond donors (Lipinski definition) is 2. The Bertz CT molecular complexity index is 1310. The summed E-state index contributed by atoms with van der Waals surface area (Å²) >= 11 is 11.9. The zero-order chi connectivity index (χ0) is 26.0. The Hall–Kier alpha value is -4.00. The smallest absolute Gasteiger partial charge is 0.326 e. The number of halogens is 2. The van der Waals surface area contributed by atoms with Gasteiger partial charge in [0.15, 0.2) is 0 Å². The SMILES string of the molecule is O=C(NCCCN(C(=O)Nc1ccc(Cl)cc1)c1ccc(Oc2ccccc2)cc1)c1ccc(Cl)cc1. The second kappa shape index (κ2) is 12.8. The molecule has 0 heterocycles. The molecule has 4 rings (SSSR count). The van der Waals surface area contributed by atoms with Crippen molar-refractivity contribution in [3.8, 4) is 11.5 Å². The highest BCUT2D eigenvalue weighted by molar-refractivity contribution is 6.31. The molecule has 0 fully saturated rings. The fourth-order valence-corrected chi connectivity index (χ4v) is 3.79. The quantitative estimate of drug-likeness (QED) is 0.217. The molecule has 0 aliphatic rings. The normalized spacial score (nSPS) is 10.4. The lowest BCUT2D eigenvalue weighted by Gasteiger charge is -2.24. The number of amides is 3. The van der Waals surface area contributed by atoms with Crippen LogP contribution in [0.2, 0.25) is 10.0 Å². The molecule has 37 heavy (non-hydrogen) atoms. The summed E-state index contributed by atoms with van der Waals surface area (Å²) in [6.07, 6.45) is 0.537. The van der Waals surface area contributed by atoms with Gasteiger partial charge in [0.1, 0.15) is 11.5 Å². The highest BCUT2D eigenvalue weighted by Crippen LogP contribution is 2.25. The van der Waals surface area contributed by atoms with E-state index in [2.05, 4.69) is 10.6 Å². The molecule has 4 aromatic rings. The molecule has 4 aromatic carbocycles. The number of hydrogen-bond acceptors (Lipinski definition) is 3. The van der Waals surface area contributed by atoms with E-state index in [1.165, 1.54) is 0 Å². The van der Waals surface area contributed by atoms with Crippen molar-refractivity contribution in [1.29, 1.82) is 0 Å². The maximum Gasteiger partial charge on any atom is 0.326 e. The zero-order valence-corrected chi connectivity index (χ0v) is 21.4. The number of nitrogens with zero attached hydrogens (tertiary/aromatic N) is 1. The molecule has 0 saturated carbocycles. The van der Waals surface area contributed by atoms with Crippen LogP contribution in [0.4, 0.5) is 16.2 Å². The number of carbonyl (C=O) groups excluding carboxylic acids is 2. The Morgan fingerprint density at radius 1 is 0.730 bits per heavy atom. The molecule has 0 unspecified atom stereocenters. The first kappa shape index (κ1) is 26.1. The first-order chi connectivity index (χ1) is 18.0. The molecule has 188 valence electrons. The Morgan fingerprint density at radius 3 is 1.97 bits per heavy atom. The molecule has 0 aliphatic carbocycles. The van der Waals surface area contributed by atoms with Gasteiger partial charge in [0.05, 0.1) is 0 Å². The number of anilines is 2. The summed E-state index contributed by atoms with van der Waals surface area (Å²) in [6, 6.07) is 30.0. The molecular weight excluding hydrogens is 509 g/mol. The first-order valence-electron chi connectivity index (χ1n) is 11.7. The Labute approximate surface area is 225 Å². The molecule has 2 N–H and O–H groups in total. The van der Waals surface area contributed by atoms with Gasteiger partial charge in [0.25, 0.3) is 5.91 Å². The molecule has 0 radical (unpaired) electrons. The number of rotatable bonds is 9. The lowest BCUT2D eigenvalue weighted by molar-refractivity contribution is 0.0953. The van der Waals surface area contributed by atoms with Crippen molar-refractivity contribution < 1.29 is 14.3 Å². The van der Waals surface area contributed by atoms with E-state index < -0.39 is 0 Å². The number of para-hydroxylation sites is 1. The van der Waals surface area contributed by atoms with E-state index in [0.29, 0.717) is 52.2 Å². The molecule has 0 atom stereocenters. The van der Waals surface area contributed by atoms with Crippen molar-refractivity contribution in [3.63, 3.8) is 0 Å². The largest absolute Gasteiger partial charge is 0.457 e. The van der Waals surface area contributed by atoms with Crippen LogP contribution in [0.3, 0.4) is 0 Å². The van der Waals surface area contributed by atoms with Crippen LogP contribution < -0.4 is 20.3 Å². The number of urea groups is 1. The van der Waals surface area contributed by atoms with Crippen molar-refractivity contribution >= 4 is 46.5 Å². The number of ether oxygens (including phenoxy) is 1. The van der Waals surface area contributed by atoms with E-state index in [9.17, 15) is 9.59 Å². The number of nitrogens with one attached hydrogen (secondary N) is 2. The van der Waals surface area contributed by atoms with Crippen LogP contribution in [0.1, 0.15) is 16.8 Å². The van der Waals surface area contributed by atoms with Crippen LogP contribution >= 0.6 is 23.2 Å². The summed E-state index contributed by atoms with van der Waals surface area (Å²) in [5.74, 6) is 1.18. The standard InChI is InChI=1S/C29H25Cl2N3O3/c30-22-9-7-21(8-10-22)28(35)32-19-4-20-34(29(36)33-24-13-11-23(31)12-14-24)25-15-17-27(18-16-25)37-26-5-2-1-3-6-26/h1-3,5-18H,4,19-20H2,(H,32,35)(H,33,36). The van der Waals surface area contributed by atoms with E-state index in [1.807, 2.05) is 54.6 Å². The number of carbonyl (C=O) groups is 2. The Kier molecular flexibility index (Phi) is 9.03. The van der Waals surface area contributed by atoms with Crippen LogP contribution in [0.25, 0.3) is 0 Å². The lowest BCUT2D eigenvalue weighted by atomic mass is 10.2. The van der Waals surface area contributed by atoms with Crippen molar-refractivity contribution in [2.45, 2.75) is 6.42 Å². The second-order valence-electron chi connectivity index (χ2n) is 8.11. The van der Waals surface area contributed by atoms with Gasteiger partial charge in [-0.05, 0) is 91.3 Å². The molecule has 0 spiro atoms. The third kappa shape index (κ3) is 7.74. The van der Waals surface area contributed by atoms with Crippen LogP contribution in [0.15, 0.2) is 103 Å². The highest BCUT2D eigenvalue weighted by atomic mass is 35.5. The minimum atomic E-state index is -0.303. The lowest BCUT2D eigenvalue weighted by Crippen LogP contribution is -2.37. The van der Waals surface area contributed by atoms with Gasteiger partial charge in [0, 0.05) is 40.1 Å². The van der Waals surface area contributed by atoms with Gasteiger partial charge in [-0.3, -0.25) is 9.69 Å². The average Bonchev–Trinajstić information content (AvgIpc) is 2.91. The summed E-state index contributed by atoms with van der Waals surface area (Å²) < 4.78 is 5.87. The van der Waals surface area contributed by atoms with Gasteiger partial charge in [-0.15, -0.1) is 0 Å². The van der Waals surface area contributed by atoms with E-state index in [0.717, 1.165) is 5.75 Å². The van der Waals surface area contributed by atoms with Crippen molar-refractivity contribution in [1.82, 2.24) is 5.32 Å². The Balaban J connectivity index is 1.42. The zero-order valence-electron chi connectivity index (χ0n) is 19.9. The monoisotopic (exact) mass is 533 g/mol. The molecule has 0 aromatic heterocycles. The first-order valence-corrected chi connectivity index (χ1v) is 12.4. The van der Waals surface area contributed by atoms with Gasteiger partial charge in [-0.2, -0.15) is 0 Å². The maximum atomic E-state index is 13.2. The number of benzene rings is 4. The minimum Gasteiger partial charge on any atom is -0.457 e. The van der Waals surface area contributed by atoms with Gasteiger partial charge in [0.2, 0.25) is 0 Å². The van der Waals surface area contributed by atoms with Gasteiger partial charge >= 0.3 is 6.03 Å². The molecule has 0 saturated heterocycles. The summed E-state index contributed by atoms with van der Waals surface area (Å²) in [6.45, 7) is 0.764. The predicted molar refractivity (Wildman–Crippen MR) is 149 cm³/mol. The Morgan fingerprint density at radius 2 is 1.32 bits per heavy atom. The minimum absolute atomic E-state index is 0.198. The summed E-state index contributed by atoms with van der Waals surface area (Å²) in [5, 5.41) is 6.93. The third-order valence-corrected chi connectivity index (χ3v) is 5.92. The van der Waals surface area contributed by atoms with Crippen molar-refractivity contribution in [3.05, 3.63) is 119 Å². The van der Waals surface area contributed by atoms with Crippen molar-refractivity contribution in [2.24, 2.45) is 0 Å². The van der Waals surface area contributed by atoms with Crippen LogP contribution in [0, 0.1) is 0 Å². The van der Waals surface area contributed by atoms with Crippen LogP contribution in [-0.2, 0) is 0 Å². The average molecular weight is 534 g/mol. The maximum absolute atomic E-state index is 13.2. The highest BCUT2D eigenvalue weighted by Gasteiger charge is 2.16. The molecule has 3 amide bonds. The van der Waals surface area contributed by atoms with Gasteiger partial charge < -0.3 is 15.4 Å². The van der Waals surface area contributed by atoms with Crippen molar-refractivity contribution in [2.75, 3.05) is 23.3 Å².